The van der Waals surface area contributed by atoms with Crippen molar-refractivity contribution in [3.05, 3.63) is 23.8 Å². The van der Waals surface area contributed by atoms with Crippen LogP contribution in [0.15, 0.2) is 32.8 Å². The molecule has 0 atom stereocenters. The number of ether oxygens (including phenoxy) is 1. The number of carbonyl (C=O) groups is 1. The number of likely N-dealkylation sites (N-methyl/N-ethyl adjacent to an activating group) is 1. The van der Waals surface area contributed by atoms with Crippen molar-refractivity contribution in [1.82, 2.24) is 15.6 Å². The zero-order chi connectivity index (χ0) is 20.2. The molecule has 2 rings (SSSR count). The number of benzene rings is 1. The van der Waals surface area contributed by atoms with Crippen molar-refractivity contribution in [3.8, 4) is 0 Å². The first kappa shape index (κ1) is 21.7. The van der Waals surface area contributed by atoms with E-state index in [1.807, 2.05) is 6.92 Å². The summed E-state index contributed by atoms with van der Waals surface area (Å²) >= 11 is 0. The number of quaternary nitrogens is 1. The topological polar surface area (TPSA) is 102 Å². The van der Waals surface area contributed by atoms with Gasteiger partial charge in [-0.3, -0.25) is 4.79 Å². The van der Waals surface area contributed by atoms with Crippen LogP contribution >= 0.6 is 0 Å². The van der Waals surface area contributed by atoms with Gasteiger partial charge in [0.1, 0.15) is 17.6 Å². The Kier molecular flexibility index (Phi) is 8.74. The van der Waals surface area contributed by atoms with E-state index >= 15 is 0 Å². The predicted molar refractivity (Wildman–Crippen MR) is 107 cm³/mol. The maximum atomic E-state index is 12.1. The average molecular weight is 389 g/mol. The quantitative estimate of drug-likeness (QED) is 0.338. The molecule has 0 saturated heterocycles. The fourth-order valence-electron chi connectivity index (χ4n) is 2.54. The van der Waals surface area contributed by atoms with Crippen molar-refractivity contribution in [2.75, 3.05) is 60.0 Å². The number of nitrogens with one attached hydrogen (secondary N) is 1. The lowest BCUT2D eigenvalue weighted by molar-refractivity contribution is -0.890. The van der Waals surface area contributed by atoms with Gasteiger partial charge in [0.25, 0.3) is 5.91 Å². The molecule has 9 nitrogen and oxygen atoms in total. The van der Waals surface area contributed by atoms with Crippen molar-refractivity contribution in [3.63, 3.8) is 0 Å². The number of aromatic nitrogens is 2. The van der Waals surface area contributed by atoms with Gasteiger partial charge in [0.15, 0.2) is 0 Å². The molecule has 28 heavy (non-hydrogen) atoms. The van der Waals surface area contributed by atoms with E-state index in [0.717, 1.165) is 37.1 Å². The molecule has 0 aliphatic carbocycles. The van der Waals surface area contributed by atoms with Gasteiger partial charge in [-0.2, -0.15) is 0 Å². The number of hydrogen-bond donors (Lipinski definition) is 1. The number of carbonyl (C=O) groups excluding carboxylic acids is 1. The van der Waals surface area contributed by atoms with E-state index in [2.05, 4.69) is 50.3 Å². The van der Waals surface area contributed by atoms with E-state index in [-0.39, 0.29) is 5.91 Å². The van der Waals surface area contributed by atoms with Crippen LogP contribution in [-0.2, 0) is 4.74 Å². The standard InChI is InChI=1S/C19H28N6O3/c1-4-20-15-21-8-5-10-25(2,3)11-13-27-12-9-22-19(26)16-6-7-17-18(14-16)24-28-23-17/h6-7,14H,4-5,8-13H2,1-3H3/p+1. The summed E-state index contributed by atoms with van der Waals surface area (Å²) in [4.78, 5) is 20.2. The van der Waals surface area contributed by atoms with Crippen molar-refractivity contribution in [2.24, 2.45) is 9.98 Å². The average Bonchev–Trinajstić information content (AvgIpc) is 3.15. The Hall–Kier alpha value is -2.61. The van der Waals surface area contributed by atoms with E-state index in [1.165, 1.54) is 0 Å². The highest BCUT2D eigenvalue weighted by Gasteiger charge is 2.14. The van der Waals surface area contributed by atoms with Crippen LogP contribution in [0.3, 0.4) is 0 Å². The first-order chi connectivity index (χ1) is 13.5. The number of nitrogens with zero attached hydrogens (tertiary/aromatic N) is 5. The van der Waals surface area contributed by atoms with Gasteiger partial charge >= 0.3 is 0 Å². The van der Waals surface area contributed by atoms with Crippen molar-refractivity contribution < 1.29 is 18.6 Å². The fourth-order valence-corrected chi connectivity index (χ4v) is 2.54. The summed E-state index contributed by atoms with van der Waals surface area (Å²) < 4.78 is 11.1. The van der Waals surface area contributed by atoms with Gasteiger partial charge in [0.2, 0.25) is 0 Å². The molecule has 0 saturated carbocycles. The number of aliphatic imine (C=N–C) groups is 2. The normalized spacial score (nSPS) is 11.2. The van der Waals surface area contributed by atoms with Gasteiger partial charge in [-0.25, -0.2) is 14.6 Å². The first-order valence-corrected chi connectivity index (χ1v) is 9.50. The minimum absolute atomic E-state index is 0.170. The summed E-state index contributed by atoms with van der Waals surface area (Å²) in [5.74, 6) is -0.170. The lowest BCUT2D eigenvalue weighted by Crippen LogP contribution is -2.43. The van der Waals surface area contributed by atoms with Crippen molar-refractivity contribution >= 4 is 22.9 Å². The van der Waals surface area contributed by atoms with E-state index in [0.29, 0.717) is 36.4 Å². The summed E-state index contributed by atoms with van der Waals surface area (Å²) in [5.41, 5.74) is 1.71. The largest absolute Gasteiger partial charge is 0.374 e. The van der Waals surface area contributed by atoms with Crippen LogP contribution in [-0.4, -0.2) is 86.7 Å². The zero-order valence-electron chi connectivity index (χ0n) is 16.8. The minimum atomic E-state index is -0.170. The van der Waals surface area contributed by atoms with Crippen LogP contribution in [0.2, 0.25) is 0 Å². The monoisotopic (exact) mass is 389 g/mol. The molecule has 0 unspecified atom stereocenters. The summed E-state index contributed by atoms with van der Waals surface area (Å²) in [7, 11) is 4.34. The minimum Gasteiger partial charge on any atom is -0.374 e. The second-order valence-corrected chi connectivity index (χ2v) is 7.03. The molecule has 1 heterocycles. The molecule has 0 aliphatic rings. The van der Waals surface area contributed by atoms with Crippen LogP contribution < -0.4 is 5.32 Å². The third-order valence-corrected chi connectivity index (χ3v) is 4.22. The number of hydrogen-bond acceptors (Lipinski definition) is 7. The molecular weight excluding hydrogens is 360 g/mol. The second-order valence-electron chi connectivity index (χ2n) is 7.03. The van der Waals surface area contributed by atoms with E-state index < -0.39 is 0 Å². The Morgan fingerprint density at radius 2 is 2.04 bits per heavy atom. The summed E-state index contributed by atoms with van der Waals surface area (Å²) in [6.45, 7) is 6.89. The zero-order valence-corrected chi connectivity index (χ0v) is 16.8. The smallest absolute Gasteiger partial charge is 0.251 e. The van der Waals surface area contributed by atoms with Gasteiger partial charge in [-0.15, -0.1) is 0 Å². The summed E-state index contributed by atoms with van der Waals surface area (Å²) in [5, 5.41) is 10.3. The molecule has 9 heteroatoms. The molecular formula is C19H29N6O3+. The highest BCUT2D eigenvalue weighted by atomic mass is 16.6. The Morgan fingerprint density at radius 3 is 2.86 bits per heavy atom. The van der Waals surface area contributed by atoms with Gasteiger partial charge in [-0.05, 0) is 35.4 Å². The molecule has 0 bridgehead atoms. The SMILES string of the molecule is CCN=C=NCCC[N+](C)(C)CCOCCNC(=O)c1ccc2nonc2c1. The molecule has 0 fully saturated rings. The fraction of sp³-hybridized carbons (Fsp3) is 0.579. The molecule has 0 spiro atoms. The second kappa shape index (κ2) is 11.3. The van der Waals surface area contributed by atoms with E-state index in [1.54, 1.807) is 18.2 Å². The Labute approximate surface area is 165 Å². The molecule has 152 valence electrons. The van der Waals surface area contributed by atoms with E-state index in [4.69, 9.17) is 4.74 Å². The molecule has 1 amide bonds. The Bertz CT molecular complexity index is 811. The number of fused-ring (bicyclic) bond motifs is 1. The van der Waals surface area contributed by atoms with Crippen LogP contribution in [0.25, 0.3) is 11.0 Å². The van der Waals surface area contributed by atoms with Gasteiger partial charge in [-0.1, -0.05) is 0 Å². The van der Waals surface area contributed by atoms with Gasteiger partial charge < -0.3 is 14.5 Å². The maximum absolute atomic E-state index is 12.1. The lowest BCUT2D eigenvalue weighted by atomic mass is 10.2. The Balaban J connectivity index is 1.58. The maximum Gasteiger partial charge on any atom is 0.251 e. The molecule has 0 aliphatic heterocycles. The van der Waals surface area contributed by atoms with Gasteiger partial charge in [0.05, 0.1) is 46.4 Å². The molecule has 1 aromatic heterocycles. The highest BCUT2D eigenvalue weighted by molar-refractivity contribution is 5.97. The molecule has 1 aromatic carbocycles. The van der Waals surface area contributed by atoms with Crippen LogP contribution in [0, 0.1) is 0 Å². The van der Waals surface area contributed by atoms with Crippen LogP contribution in [0.4, 0.5) is 0 Å². The first-order valence-electron chi connectivity index (χ1n) is 9.50. The lowest BCUT2D eigenvalue weighted by Gasteiger charge is -2.29. The third-order valence-electron chi connectivity index (χ3n) is 4.22. The van der Waals surface area contributed by atoms with E-state index in [9.17, 15) is 4.79 Å². The summed E-state index contributed by atoms with van der Waals surface area (Å²) in [6, 6.07) is 7.74. The molecule has 2 aromatic rings. The van der Waals surface area contributed by atoms with Gasteiger partial charge in [0, 0.05) is 25.1 Å². The third kappa shape index (κ3) is 7.56. The molecule has 0 radical (unpaired) electrons. The highest BCUT2D eigenvalue weighted by Crippen LogP contribution is 2.11. The molecule has 1 N–H and O–H groups in total. The van der Waals surface area contributed by atoms with Crippen molar-refractivity contribution in [2.45, 2.75) is 13.3 Å². The predicted octanol–water partition coefficient (Wildman–Crippen LogP) is 1.63. The number of rotatable bonds is 12. The van der Waals surface area contributed by atoms with Crippen LogP contribution in [0.1, 0.15) is 23.7 Å². The van der Waals surface area contributed by atoms with Crippen molar-refractivity contribution in [1.29, 1.82) is 0 Å². The number of amides is 1. The Morgan fingerprint density at radius 1 is 1.21 bits per heavy atom. The van der Waals surface area contributed by atoms with Crippen LogP contribution in [0.5, 0.6) is 0 Å². The summed E-state index contributed by atoms with van der Waals surface area (Å²) in [6.07, 6.45) is 0.987.